The van der Waals surface area contributed by atoms with Crippen molar-refractivity contribution in [2.75, 3.05) is 0 Å². The van der Waals surface area contributed by atoms with Crippen molar-refractivity contribution in [1.82, 2.24) is 15.0 Å². The highest BCUT2D eigenvalue weighted by Gasteiger charge is 2.10. The maximum atomic E-state index is 12.3. The van der Waals surface area contributed by atoms with Crippen LogP contribution < -0.4 is 5.43 Å². The Bertz CT molecular complexity index is 1470. The molecule has 156 valence electrons. The van der Waals surface area contributed by atoms with E-state index in [0.29, 0.717) is 0 Å². The van der Waals surface area contributed by atoms with Gasteiger partial charge in [-0.05, 0) is 40.6 Å². The van der Waals surface area contributed by atoms with Crippen LogP contribution in [0.5, 0.6) is 0 Å². The fourth-order valence-electron chi connectivity index (χ4n) is 3.82. The molecular formula is C26H19ClN4O. The normalized spacial score (nSPS) is 11.4. The third-order valence-corrected chi connectivity index (χ3v) is 5.66. The van der Waals surface area contributed by atoms with E-state index < -0.39 is 5.91 Å². The van der Waals surface area contributed by atoms with Crippen LogP contribution in [0.1, 0.15) is 21.5 Å². The third kappa shape index (κ3) is 3.98. The van der Waals surface area contributed by atoms with Gasteiger partial charge < -0.3 is 4.57 Å². The average molecular weight is 439 g/mol. The quantitative estimate of drug-likeness (QED) is 0.219. The SMILES string of the molecule is O=C(NN=Cc1cn(Cc2ccc3ccccc3c2)c2ccccc12)c1cccnc1Cl. The highest BCUT2D eigenvalue weighted by molar-refractivity contribution is 6.32. The number of benzene rings is 3. The minimum absolute atomic E-state index is 0.146. The Hall–Kier alpha value is -3.96. The molecule has 5 aromatic rings. The molecule has 5 rings (SSSR count). The Kier molecular flexibility index (Phi) is 5.40. The van der Waals surface area contributed by atoms with Crippen molar-refractivity contribution < 1.29 is 4.79 Å². The summed E-state index contributed by atoms with van der Waals surface area (Å²) < 4.78 is 2.20. The summed E-state index contributed by atoms with van der Waals surface area (Å²) in [5, 5.41) is 7.80. The van der Waals surface area contributed by atoms with Gasteiger partial charge in [-0.15, -0.1) is 0 Å². The summed E-state index contributed by atoms with van der Waals surface area (Å²) in [5.41, 5.74) is 6.04. The second kappa shape index (κ2) is 8.65. The molecule has 3 aromatic carbocycles. The van der Waals surface area contributed by atoms with E-state index in [0.717, 1.165) is 23.0 Å². The lowest BCUT2D eigenvalue weighted by Gasteiger charge is -2.07. The Morgan fingerprint density at radius 3 is 2.69 bits per heavy atom. The van der Waals surface area contributed by atoms with Crippen LogP contribution in [0.15, 0.2) is 96.4 Å². The number of halogens is 1. The van der Waals surface area contributed by atoms with Gasteiger partial charge in [0.2, 0.25) is 0 Å². The van der Waals surface area contributed by atoms with E-state index in [1.807, 2.05) is 30.5 Å². The first-order valence-electron chi connectivity index (χ1n) is 10.2. The number of fused-ring (bicyclic) bond motifs is 2. The molecule has 2 heterocycles. The number of amides is 1. The van der Waals surface area contributed by atoms with Crippen LogP contribution in [0.25, 0.3) is 21.7 Å². The van der Waals surface area contributed by atoms with Gasteiger partial charge in [-0.1, -0.05) is 66.2 Å². The number of nitrogens with one attached hydrogen (secondary N) is 1. The Morgan fingerprint density at radius 1 is 1.00 bits per heavy atom. The molecule has 2 aromatic heterocycles. The summed E-state index contributed by atoms with van der Waals surface area (Å²) in [5.74, 6) is -0.403. The highest BCUT2D eigenvalue weighted by atomic mass is 35.5. The topological polar surface area (TPSA) is 59.3 Å². The molecule has 1 amide bonds. The van der Waals surface area contributed by atoms with Gasteiger partial charge in [-0.3, -0.25) is 4.79 Å². The maximum Gasteiger partial charge on any atom is 0.274 e. The molecule has 0 saturated heterocycles. The number of hydrogen-bond acceptors (Lipinski definition) is 3. The maximum absolute atomic E-state index is 12.3. The lowest BCUT2D eigenvalue weighted by Crippen LogP contribution is -2.18. The zero-order chi connectivity index (χ0) is 21.9. The number of rotatable bonds is 5. The second-order valence-corrected chi connectivity index (χ2v) is 7.81. The predicted octanol–water partition coefficient (Wildman–Crippen LogP) is 5.66. The molecule has 0 aliphatic heterocycles. The van der Waals surface area contributed by atoms with Crippen molar-refractivity contribution in [1.29, 1.82) is 0 Å². The molecule has 0 fully saturated rings. The number of hydrazone groups is 1. The molecule has 0 aliphatic carbocycles. The minimum Gasteiger partial charge on any atom is -0.342 e. The number of nitrogens with zero attached hydrogens (tertiary/aromatic N) is 3. The first kappa shape index (κ1) is 20.0. The van der Waals surface area contributed by atoms with Gasteiger partial charge >= 0.3 is 0 Å². The molecule has 32 heavy (non-hydrogen) atoms. The summed E-state index contributed by atoms with van der Waals surface area (Å²) in [4.78, 5) is 16.2. The van der Waals surface area contributed by atoms with Crippen molar-refractivity contribution in [2.24, 2.45) is 5.10 Å². The van der Waals surface area contributed by atoms with Crippen molar-refractivity contribution in [3.8, 4) is 0 Å². The number of hydrogen-bond donors (Lipinski definition) is 1. The highest BCUT2D eigenvalue weighted by Crippen LogP contribution is 2.23. The van der Waals surface area contributed by atoms with Gasteiger partial charge in [-0.2, -0.15) is 5.10 Å². The summed E-state index contributed by atoms with van der Waals surface area (Å²) >= 11 is 5.98. The summed E-state index contributed by atoms with van der Waals surface area (Å²) in [6.07, 6.45) is 5.24. The molecule has 0 saturated carbocycles. The second-order valence-electron chi connectivity index (χ2n) is 7.45. The van der Waals surface area contributed by atoms with Crippen molar-refractivity contribution in [3.63, 3.8) is 0 Å². The van der Waals surface area contributed by atoms with E-state index in [2.05, 4.69) is 62.5 Å². The van der Waals surface area contributed by atoms with E-state index in [1.54, 1.807) is 18.3 Å². The molecule has 6 heteroatoms. The van der Waals surface area contributed by atoms with Gasteiger partial charge in [0.05, 0.1) is 11.8 Å². The monoisotopic (exact) mass is 438 g/mol. The fraction of sp³-hybridized carbons (Fsp3) is 0.0385. The molecule has 0 aliphatic rings. The van der Waals surface area contributed by atoms with Crippen LogP contribution in [-0.2, 0) is 6.54 Å². The zero-order valence-corrected chi connectivity index (χ0v) is 17.8. The number of carbonyl (C=O) groups excluding carboxylic acids is 1. The van der Waals surface area contributed by atoms with Crippen LogP contribution in [0, 0.1) is 0 Å². The van der Waals surface area contributed by atoms with Crippen LogP contribution in [-0.4, -0.2) is 21.7 Å². The average Bonchev–Trinajstić information content (AvgIpc) is 3.16. The first-order chi connectivity index (χ1) is 15.7. The number of pyridine rings is 1. The molecule has 5 nitrogen and oxygen atoms in total. The van der Waals surface area contributed by atoms with E-state index in [1.165, 1.54) is 22.5 Å². The Labute approximate surface area is 190 Å². The summed E-state index contributed by atoms with van der Waals surface area (Å²) in [7, 11) is 0. The third-order valence-electron chi connectivity index (χ3n) is 5.36. The largest absolute Gasteiger partial charge is 0.342 e. The molecule has 0 bridgehead atoms. The molecule has 0 unspecified atom stereocenters. The van der Waals surface area contributed by atoms with E-state index in [-0.39, 0.29) is 10.7 Å². The molecule has 0 atom stereocenters. The number of aromatic nitrogens is 2. The van der Waals surface area contributed by atoms with Crippen molar-refractivity contribution in [2.45, 2.75) is 6.54 Å². The molecule has 0 spiro atoms. The molecule has 0 radical (unpaired) electrons. The summed E-state index contributed by atoms with van der Waals surface area (Å²) in [6.45, 7) is 0.733. The lowest BCUT2D eigenvalue weighted by molar-refractivity contribution is 0.0955. The zero-order valence-electron chi connectivity index (χ0n) is 17.1. The number of carbonyl (C=O) groups is 1. The molecule has 1 N–H and O–H groups in total. The predicted molar refractivity (Wildman–Crippen MR) is 129 cm³/mol. The fourth-order valence-corrected chi connectivity index (χ4v) is 4.02. The van der Waals surface area contributed by atoms with Gasteiger partial charge in [0.25, 0.3) is 5.91 Å². The van der Waals surface area contributed by atoms with Crippen molar-refractivity contribution >= 4 is 45.4 Å². The van der Waals surface area contributed by atoms with Gasteiger partial charge in [-0.25, -0.2) is 10.4 Å². The summed E-state index contributed by atoms with van der Waals surface area (Å²) in [6, 6.07) is 26.3. The van der Waals surface area contributed by atoms with Crippen LogP contribution in [0.4, 0.5) is 0 Å². The minimum atomic E-state index is -0.403. The van der Waals surface area contributed by atoms with E-state index >= 15 is 0 Å². The number of para-hydroxylation sites is 1. The van der Waals surface area contributed by atoms with Crippen molar-refractivity contribution in [3.05, 3.63) is 113 Å². The lowest BCUT2D eigenvalue weighted by atomic mass is 10.1. The Morgan fingerprint density at radius 2 is 1.81 bits per heavy atom. The van der Waals surface area contributed by atoms with Gasteiger partial charge in [0.1, 0.15) is 5.15 Å². The first-order valence-corrected chi connectivity index (χ1v) is 10.6. The van der Waals surface area contributed by atoms with Crippen LogP contribution in [0.3, 0.4) is 0 Å². The van der Waals surface area contributed by atoms with Crippen LogP contribution in [0.2, 0.25) is 5.15 Å². The standard InChI is InChI=1S/C26H19ClN4O/c27-25-23(9-5-13-28-25)26(32)30-29-15-21-17-31(24-10-4-3-8-22(21)24)16-18-11-12-19-6-1-2-7-20(19)14-18/h1-15,17H,16H2,(H,30,32). The van der Waals surface area contributed by atoms with Gasteiger partial charge in [0, 0.05) is 35.4 Å². The molecular weight excluding hydrogens is 420 g/mol. The van der Waals surface area contributed by atoms with E-state index in [4.69, 9.17) is 11.6 Å². The van der Waals surface area contributed by atoms with Crippen LogP contribution >= 0.6 is 11.6 Å². The Balaban J connectivity index is 1.41. The van der Waals surface area contributed by atoms with E-state index in [9.17, 15) is 4.79 Å². The smallest absolute Gasteiger partial charge is 0.274 e. The van der Waals surface area contributed by atoms with Gasteiger partial charge in [0.15, 0.2) is 0 Å².